The van der Waals surface area contributed by atoms with Crippen molar-refractivity contribution in [3.05, 3.63) is 28.7 Å². The van der Waals surface area contributed by atoms with Crippen LogP contribution in [0.15, 0.2) is 28.7 Å². The highest BCUT2D eigenvalue weighted by Gasteiger charge is 2.22. The fraction of sp³-hybridized carbons (Fsp3) is 0.462. The smallest absolute Gasteiger partial charge is 0.248 e. The van der Waals surface area contributed by atoms with Gasteiger partial charge in [-0.3, -0.25) is 4.79 Å². The standard InChI is InChI=1S/C13H17BrN2O2/c14-10-3-1-4-11(7-10)15-12-5-2-6-16(8-12)13(18)9-17/h1,3-4,7,12,15,17H,2,5-6,8-9H2. The molecule has 5 heteroatoms. The van der Waals surface area contributed by atoms with Crippen LogP contribution in [0.25, 0.3) is 0 Å². The Morgan fingerprint density at radius 2 is 2.39 bits per heavy atom. The van der Waals surface area contributed by atoms with Crippen LogP contribution in [-0.4, -0.2) is 41.7 Å². The van der Waals surface area contributed by atoms with Crippen LogP contribution in [-0.2, 0) is 4.79 Å². The second-order valence-electron chi connectivity index (χ2n) is 4.49. The summed E-state index contributed by atoms with van der Waals surface area (Å²) in [6.45, 7) is 1.01. The second-order valence-corrected chi connectivity index (χ2v) is 5.41. The van der Waals surface area contributed by atoms with E-state index in [1.165, 1.54) is 0 Å². The number of nitrogens with zero attached hydrogens (tertiary/aromatic N) is 1. The molecule has 1 aromatic rings. The summed E-state index contributed by atoms with van der Waals surface area (Å²) in [5.74, 6) is -0.184. The summed E-state index contributed by atoms with van der Waals surface area (Å²) in [5, 5.41) is 12.3. The molecule has 0 saturated carbocycles. The van der Waals surface area contributed by atoms with Crippen molar-refractivity contribution >= 4 is 27.5 Å². The van der Waals surface area contributed by atoms with Crippen LogP contribution in [0.4, 0.5) is 5.69 Å². The van der Waals surface area contributed by atoms with E-state index in [0.717, 1.165) is 29.5 Å². The van der Waals surface area contributed by atoms with E-state index < -0.39 is 6.61 Å². The van der Waals surface area contributed by atoms with Crippen molar-refractivity contribution in [1.82, 2.24) is 4.90 Å². The first-order valence-electron chi connectivity index (χ1n) is 6.10. The average Bonchev–Trinajstić information content (AvgIpc) is 2.38. The number of aliphatic hydroxyl groups excluding tert-OH is 1. The minimum atomic E-state index is -0.399. The second kappa shape index (κ2) is 6.20. The van der Waals surface area contributed by atoms with E-state index in [-0.39, 0.29) is 11.9 Å². The minimum absolute atomic E-state index is 0.184. The minimum Gasteiger partial charge on any atom is -0.387 e. The Morgan fingerprint density at radius 1 is 1.56 bits per heavy atom. The molecule has 1 unspecified atom stereocenters. The van der Waals surface area contributed by atoms with Gasteiger partial charge in [0.05, 0.1) is 0 Å². The van der Waals surface area contributed by atoms with Gasteiger partial charge in [-0.05, 0) is 31.0 Å². The molecule has 4 nitrogen and oxygen atoms in total. The van der Waals surface area contributed by atoms with Gasteiger partial charge in [0.1, 0.15) is 6.61 Å². The van der Waals surface area contributed by atoms with Crippen molar-refractivity contribution in [2.24, 2.45) is 0 Å². The summed E-state index contributed by atoms with van der Waals surface area (Å²) >= 11 is 3.44. The number of carbonyl (C=O) groups is 1. The highest BCUT2D eigenvalue weighted by Crippen LogP contribution is 2.19. The third-order valence-corrected chi connectivity index (χ3v) is 3.60. The Balaban J connectivity index is 1.95. The molecule has 98 valence electrons. The zero-order chi connectivity index (χ0) is 13.0. The zero-order valence-electron chi connectivity index (χ0n) is 10.1. The molecule has 1 aliphatic heterocycles. The molecule has 2 rings (SSSR count). The molecule has 1 fully saturated rings. The van der Waals surface area contributed by atoms with Gasteiger partial charge in [0.15, 0.2) is 0 Å². The number of aliphatic hydroxyl groups is 1. The SMILES string of the molecule is O=C(CO)N1CCCC(Nc2cccc(Br)c2)C1. The van der Waals surface area contributed by atoms with Gasteiger partial charge in [0.25, 0.3) is 0 Å². The summed E-state index contributed by atoms with van der Waals surface area (Å²) in [5.41, 5.74) is 1.05. The lowest BCUT2D eigenvalue weighted by Gasteiger charge is -2.33. The van der Waals surface area contributed by atoms with Crippen LogP contribution < -0.4 is 5.32 Å². The van der Waals surface area contributed by atoms with Crippen LogP contribution in [0.1, 0.15) is 12.8 Å². The Bertz CT molecular complexity index is 425. The molecular formula is C13H17BrN2O2. The average molecular weight is 313 g/mol. The number of nitrogens with one attached hydrogen (secondary N) is 1. The molecule has 1 heterocycles. The fourth-order valence-electron chi connectivity index (χ4n) is 2.24. The van der Waals surface area contributed by atoms with Crippen molar-refractivity contribution in [1.29, 1.82) is 0 Å². The van der Waals surface area contributed by atoms with E-state index in [1.54, 1.807) is 4.90 Å². The lowest BCUT2D eigenvalue weighted by Crippen LogP contribution is -2.46. The maximum atomic E-state index is 11.5. The van der Waals surface area contributed by atoms with E-state index >= 15 is 0 Å². The lowest BCUT2D eigenvalue weighted by molar-refractivity contribution is -0.135. The first-order valence-corrected chi connectivity index (χ1v) is 6.89. The van der Waals surface area contributed by atoms with Crippen molar-refractivity contribution in [3.8, 4) is 0 Å². The van der Waals surface area contributed by atoms with Crippen molar-refractivity contribution in [2.45, 2.75) is 18.9 Å². The van der Waals surface area contributed by atoms with Crippen LogP contribution in [0.3, 0.4) is 0 Å². The molecule has 0 radical (unpaired) electrons. The molecule has 1 amide bonds. The summed E-state index contributed by atoms with van der Waals surface area (Å²) in [7, 11) is 0. The summed E-state index contributed by atoms with van der Waals surface area (Å²) < 4.78 is 1.03. The molecule has 1 aromatic carbocycles. The number of amides is 1. The Kier molecular flexibility index (Phi) is 4.60. The quantitative estimate of drug-likeness (QED) is 0.895. The van der Waals surface area contributed by atoms with Crippen molar-refractivity contribution in [2.75, 3.05) is 25.0 Å². The fourth-order valence-corrected chi connectivity index (χ4v) is 2.63. The molecule has 0 aliphatic carbocycles. The monoisotopic (exact) mass is 312 g/mol. The molecular weight excluding hydrogens is 296 g/mol. The van der Waals surface area contributed by atoms with Gasteiger partial charge in [0.2, 0.25) is 5.91 Å². The van der Waals surface area contributed by atoms with Gasteiger partial charge in [-0.25, -0.2) is 0 Å². The summed E-state index contributed by atoms with van der Waals surface area (Å²) in [4.78, 5) is 13.2. The van der Waals surface area contributed by atoms with E-state index in [1.807, 2.05) is 24.3 Å². The molecule has 1 atom stereocenters. The predicted molar refractivity (Wildman–Crippen MR) is 74.5 cm³/mol. The normalized spacial score (nSPS) is 19.7. The van der Waals surface area contributed by atoms with Crippen LogP contribution >= 0.6 is 15.9 Å². The third kappa shape index (κ3) is 3.46. The van der Waals surface area contributed by atoms with Gasteiger partial charge in [0, 0.05) is 29.3 Å². The van der Waals surface area contributed by atoms with Crippen molar-refractivity contribution < 1.29 is 9.90 Å². The van der Waals surface area contributed by atoms with Crippen molar-refractivity contribution in [3.63, 3.8) is 0 Å². The molecule has 1 aliphatic rings. The van der Waals surface area contributed by atoms with Gasteiger partial charge >= 0.3 is 0 Å². The third-order valence-electron chi connectivity index (χ3n) is 3.10. The number of carbonyl (C=O) groups excluding carboxylic acids is 1. The Morgan fingerprint density at radius 3 is 3.11 bits per heavy atom. The zero-order valence-corrected chi connectivity index (χ0v) is 11.7. The number of hydrogen-bond acceptors (Lipinski definition) is 3. The number of piperidine rings is 1. The van der Waals surface area contributed by atoms with Gasteiger partial charge in [-0.2, -0.15) is 0 Å². The van der Waals surface area contributed by atoms with E-state index in [4.69, 9.17) is 5.11 Å². The Labute approximate surface area is 115 Å². The van der Waals surface area contributed by atoms with E-state index in [0.29, 0.717) is 6.54 Å². The number of likely N-dealkylation sites (tertiary alicyclic amines) is 1. The highest BCUT2D eigenvalue weighted by atomic mass is 79.9. The molecule has 2 N–H and O–H groups in total. The number of anilines is 1. The lowest BCUT2D eigenvalue weighted by atomic mass is 10.1. The Hall–Kier alpha value is -1.07. The van der Waals surface area contributed by atoms with Gasteiger partial charge < -0.3 is 15.3 Å². The van der Waals surface area contributed by atoms with Crippen LogP contribution in [0.2, 0.25) is 0 Å². The molecule has 1 saturated heterocycles. The highest BCUT2D eigenvalue weighted by molar-refractivity contribution is 9.10. The molecule has 18 heavy (non-hydrogen) atoms. The largest absolute Gasteiger partial charge is 0.387 e. The number of rotatable bonds is 3. The molecule has 0 aromatic heterocycles. The van der Waals surface area contributed by atoms with Gasteiger partial charge in [-0.15, -0.1) is 0 Å². The summed E-state index contributed by atoms with van der Waals surface area (Å²) in [6.07, 6.45) is 2.01. The van der Waals surface area contributed by atoms with Gasteiger partial charge in [-0.1, -0.05) is 22.0 Å². The maximum absolute atomic E-state index is 11.5. The number of halogens is 1. The first kappa shape index (κ1) is 13.4. The van der Waals surface area contributed by atoms with Crippen LogP contribution in [0.5, 0.6) is 0 Å². The van der Waals surface area contributed by atoms with Crippen LogP contribution in [0, 0.1) is 0 Å². The molecule has 0 spiro atoms. The van der Waals surface area contributed by atoms with E-state index in [9.17, 15) is 4.79 Å². The van der Waals surface area contributed by atoms with E-state index in [2.05, 4.69) is 21.2 Å². The first-order chi connectivity index (χ1) is 8.69. The topological polar surface area (TPSA) is 52.6 Å². The number of benzene rings is 1. The molecule has 0 bridgehead atoms. The summed E-state index contributed by atoms with van der Waals surface area (Å²) in [6, 6.07) is 8.24. The maximum Gasteiger partial charge on any atom is 0.248 e. The number of hydrogen-bond donors (Lipinski definition) is 2. The predicted octanol–water partition coefficient (Wildman–Crippen LogP) is 1.84.